The average molecular weight is 218 g/mol. The van der Waals surface area contributed by atoms with Gasteiger partial charge < -0.3 is 10.2 Å². The second kappa shape index (κ2) is 3.71. The summed E-state index contributed by atoms with van der Waals surface area (Å²) in [5.74, 6) is 0.924. The van der Waals surface area contributed by atoms with Gasteiger partial charge in [-0.05, 0) is 6.92 Å². The van der Waals surface area contributed by atoms with Crippen LogP contribution < -0.4 is 10.2 Å². The Hall–Kier alpha value is -1.69. The van der Waals surface area contributed by atoms with Gasteiger partial charge in [0.25, 0.3) is 0 Å². The van der Waals surface area contributed by atoms with Crippen LogP contribution in [-0.4, -0.2) is 45.3 Å². The molecule has 2 aromatic heterocycles. The number of fused-ring (bicyclic) bond motifs is 1. The first-order valence-corrected chi connectivity index (χ1v) is 5.47. The number of nitrogens with one attached hydrogen (secondary N) is 1. The predicted octanol–water partition coefficient (Wildman–Crippen LogP) is -0.0776. The molecule has 0 radical (unpaired) electrons. The van der Waals surface area contributed by atoms with E-state index in [1.54, 1.807) is 12.5 Å². The highest BCUT2D eigenvalue weighted by molar-refractivity contribution is 5.63. The summed E-state index contributed by atoms with van der Waals surface area (Å²) in [6.07, 6.45) is 5.36. The smallest absolute Gasteiger partial charge is 0.203 e. The molecule has 2 aromatic rings. The number of piperazine rings is 1. The van der Waals surface area contributed by atoms with Crippen LogP contribution in [0.2, 0.25) is 0 Å². The number of hydrogen-bond acceptors (Lipinski definition) is 5. The maximum absolute atomic E-state index is 4.41. The van der Waals surface area contributed by atoms with Crippen molar-refractivity contribution < 1.29 is 0 Å². The Morgan fingerprint density at radius 1 is 1.50 bits per heavy atom. The minimum atomic E-state index is 0.485. The second-order valence-corrected chi connectivity index (χ2v) is 4.11. The molecule has 3 heterocycles. The van der Waals surface area contributed by atoms with Gasteiger partial charge in [0.1, 0.15) is 6.33 Å². The Bertz CT molecular complexity index is 493. The van der Waals surface area contributed by atoms with Gasteiger partial charge in [0, 0.05) is 38.1 Å². The fraction of sp³-hybridized carbons (Fsp3) is 0.500. The van der Waals surface area contributed by atoms with Gasteiger partial charge in [0.05, 0.1) is 0 Å². The highest BCUT2D eigenvalue weighted by Crippen LogP contribution is 2.17. The van der Waals surface area contributed by atoms with Crippen molar-refractivity contribution in [3.8, 4) is 0 Å². The van der Waals surface area contributed by atoms with Crippen molar-refractivity contribution >= 4 is 11.5 Å². The standard InChI is InChI=1S/C10H14N6/c1-8-6-15(4-2-11-8)9-10-14-13-7-16(10)5-3-12-9/h3,5,7-8,11H,2,4,6H2,1H3/t8-/m0/s1. The molecule has 16 heavy (non-hydrogen) atoms. The van der Waals surface area contributed by atoms with Crippen molar-refractivity contribution in [2.75, 3.05) is 24.5 Å². The zero-order valence-corrected chi connectivity index (χ0v) is 9.17. The van der Waals surface area contributed by atoms with Gasteiger partial charge in [0.2, 0.25) is 5.65 Å². The normalized spacial score (nSPS) is 21.6. The summed E-state index contributed by atoms with van der Waals surface area (Å²) in [6.45, 7) is 5.08. The summed E-state index contributed by atoms with van der Waals surface area (Å²) in [5, 5.41) is 11.4. The lowest BCUT2D eigenvalue weighted by molar-refractivity contribution is 0.482. The molecule has 6 nitrogen and oxygen atoms in total. The van der Waals surface area contributed by atoms with E-state index in [1.165, 1.54) is 0 Å². The monoisotopic (exact) mass is 218 g/mol. The second-order valence-electron chi connectivity index (χ2n) is 4.11. The van der Waals surface area contributed by atoms with Gasteiger partial charge in [-0.1, -0.05) is 0 Å². The number of aromatic nitrogens is 4. The molecule has 0 aromatic carbocycles. The van der Waals surface area contributed by atoms with Crippen molar-refractivity contribution in [1.29, 1.82) is 0 Å². The molecule has 1 saturated heterocycles. The van der Waals surface area contributed by atoms with Crippen LogP contribution in [0.5, 0.6) is 0 Å². The highest BCUT2D eigenvalue weighted by atomic mass is 15.3. The zero-order chi connectivity index (χ0) is 11.0. The quantitative estimate of drug-likeness (QED) is 0.725. The molecule has 0 saturated carbocycles. The van der Waals surface area contributed by atoms with Crippen LogP contribution in [0.1, 0.15) is 6.92 Å². The molecule has 1 fully saturated rings. The van der Waals surface area contributed by atoms with Gasteiger partial charge in [-0.15, -0.1) is 10.2 Å². The van der Waals surface area contributed by atoms with E-state index >= 15 is 0 Å². The van der Waals surface area contributed by atoms with E-state index < -0.39 is 0 Å². The lowest BCUT2D eigenvalue weighted by Gasteiger charge is -2.32. The highest BCUT2D eigenvalue weighted by Gasteiger charge is 2.19. The fourth-order valence-electron chi connectivity index (χ4n) is 2.09. The molecule has 0 spiro atoms. The number of rotatable bonds is 1. The molecule has 0 amide bonds. The maximum Gasteiger partial charge on any atom is 0.203 e. The predicted molar refractivity (Wildman–Crippen MR) is 60.5 cm³/mol. The molecule has 6 heteroatoms. The first-order chi connectivity index (χ1) is 7.84. The molecule has 1 aliphatic rings. The summed E-state index contributed by atoms with van der Waals surface area (Å²) >= 11 is 0. The van der Waals surface area contributed by atoms with Crippen molar-refractivity contribution in [1.82, 2.24) is 24.9 Å². The molecular weight excluding hydrogens is 204 g/mol. The molecule has 3 rings (SSSR count). The third-order valence-corrected chi connectivity index (χ3v) is 2.87. The van der Waals surface area contributed by atoms with Crippen molar-refractivity contribution in [2.24, 2.45) is 0 Å². The molecule has 1 atom stereocenters. The number of hydrogen-bond donors (Lipinski definition) is 1. The minimum absolute atomic E-state index is 0.485. The van der Waals surface area contributed by atoms with Gasteiger partial charge in [-0.3, -0.25) is 4.40 Å². The summed E-state index contributed by atoms with van der Waals surface area (Å²) in [7, 11) is 0. The van der Waals surface area contributed by atoms with Gasteiger partial charge in [-0.2, -0.15) is 0 Å². The third kappa shape index (κ3) is 1.51. The van der Waals surface area contributed by atoms with E-state index in [9.17, 15) is 0 Å². The summed E-state index contributed by atoms with van der Waals surface area (Å²) in [4.78, 5) is 6.67. The van der Waals surface area contributed by atoms with E-state index in [1.807, 2.05) is 10.6 Å². The Morgan fingerprint density at radius 2 is 2.44 bits per heavy atom. The van der Waals surface area contributed by atoms with Crippen molar-refractivity contribution in [3.63, 3.8) is 0 Å². The van der Waals surface area contributed by atoms with Gasteiger partial charge >= 0.3 is 0 Å². The molecule has 0 aliphatic carbocycles. The van der Waals surface area contributed by atoms with E-state index in [4.69, 9.17) is 0 Å². The lowest BCUT2D eigenvalue weighted by Crippen LogP contribution is -2.49. The summed E-state index contributed by atoms with van der Waals surface area (Å²) < 4.78 is 1.90. The van der Waals surface area contributed by atoms with Crippen LogP contribution in [-0.2, 0) is 0 Å². The topological polar surface area (TPSA) is 58.4 Å². The Morgan fingerprint density at radius 3 is 3.31 bits per heavy atom. The summed E-state index contributed by atoms with van der Waals surface area (Å²) in [5.41, 5.74) is 0.830. The van der Waals surface area contributed by atoms with Crippen LogP contribution in [0, 0.1) is 0 Å². The molecule has 1 aliphatic heterocycles. The minimum Gasteiger partial charge on any atom is -0.351 e. The Kier molecular flexibility index (Phi) is 2.21. The molecule has 0 bridgehead atoms. The Labute approximate surface area is 93.3 Å². The molecular formula is C10H14N6. The van der Waals surface area contributed by atoms with Crippen LogP contribution in [0.4, 0.5) is 5.82 Å². The largest absolute Gasteiger partial charge is 0.351 e. The first kappa shape index (κ1) is 9.53. The third-order valence-electron chi connectivity index (χ3n) is 2.87. The van der Waals surface area contributed by atoms with E-state index in [0.717, 1.165) is 31.1 Å². The lowest BCUT2D eigenvalue weighted by atomic mass is 10.2. The zero-order valence-electron chi connectivity index (χ0n) is 9.17. The van der Waals surface area contributed by atoms with Crippen LogP contribution in [0.25, 0.3) is 5.65 Å². The van der Waals surface area contributed by atoms with Gasteiger partial charge in [-0.25, -0.2) is 4.98 Å². The number of anilines is 1. The average Bonchev–Trinajstić information content (AvgIpc) is 2.76. The SMILES string of the molecule is C[C@H]1CN(c2nccn3cnnc23)CCN1. The van der Waals surface area contributed by atoms with Crippen LogP contribution in [0.3, 0.4) is 0 Å². The molecule has 0 unspecified atom stereocenters. The van der Waals surface area contributed by atoms with Crippen LogP contribution in [0.15, 0.2) is 18.7 Å². The van der Waals surface area contributed by atoms with Crippen LogP contribution >= 0.6 is 0 Å². The van der Waals surface area contributed by atoms with Gasteiger partial charge in [0.15, 0.2) is 5.82 Å². The number of nitrogens with zero attached hydrogens (tertiary/aromatic N) is 5. The fourth-order valence-corrected chi connectivity index (χ4v) is 2.09. The van der Waals surface area contributed by atoms with E-state index in [0.29, 0.717) is 6.04 Å². The molecule has 1 N–H and O–H groups in total. The first-order valence-electron chi connectivity index (χ1n) is 5.47. The van der Waals surface area contributed by atoms with Crippen molar-refractivity contribution in [3.05, 3.63) is 18.7 Å². The Balaban J connectivity index is 2.01. The molecule has 84 valence electrons. The van der Waals surface area contributed by atoms with E-state index in [-0.39, 0.29) is 0 Å². The maximum atomic E-state index is 4.41. The summed E-state index contributed by atoms with van der Waals surface area (Å²) in [6, 6.07) is 0.485. The van der Waals surface area contributed by atoms with Crippen molar-refractivity contribution in [2.45, 2.75) is 13.0 Å². The van der Waals surface area contributed by atoms with E-state index in [2.05, 4.69) is 32.3 Å².